The fourth-order valence-electron chi connectivity index (χ4n) is 2.43. The fourth-order valence-corrected chi connectivity index (χ4v) is 2.43. The maximum Gasteiger partial charge on any atom is 0.116 e. The van der Waals surface area contributed by atoms with Crippen molar-refractivity contribution in [2.75, 3.05) is 6.54 Å². The van der Waals surface area contributed by atoms with Crippen LogP contribution in [0.25, 0.3) is 0 Å². The van der Waals surface area contributed by atoms with Gasteiger partial charge in [-0.25, -0.2) is 0 Å². The summed E-state index contributed by atoms with van der Waals surface area (Å²) in [5.74, 6) is 0.377. The Bertz CT molecular complexity index is 322. The Morgan fingerprint density at radius 2 is 1.87 bits per heavy atom. The van der Waals surface area contributed by atoms with Crippen LogP contribution in [0, 0.1) is 13.8 Å². The van der Waals surface area contributed by atoms with Gasteiger partial charge in [-0.05, 0) is 62.1 Å². The van der Waals surface area contributed by atoms with Gasteiger partial charge in [0.25, 0.3) is 0 Å². The number of aryl methyl sites for hydroxylation is 2. The van der Waals surface area contributed by atoms with Crippen molar-refractivity contribution in [2.45, 2.75) is 32.7 Å². The quantitative estimate of drug-likeness (QED) is 0.774. The number of rotatable bonds is 1. The lowest BCUT2D eigenvalue weighted by Crippen LogP contribution is -2.15. The minimum Gasteiger partial charge on any atom is -0.508 e. The second-order valence-electron chi connectivity index (χ2n) is 4.14. The summed E-state index contributed by atoms with van der Waals surface area (Å²) in [7, 11) is 0. The smallest absolute Gasteiger partial charge is 0.116 e. The van der Waals surface area contributed by atoms with Gasteiger partial charge in [0, 0.05) is 6.04 Å². The zero-order valence-electron chi connectivity index (χ0n) is 9.21. The lowest BCUT2D eigenvalue weighted by atomic mass is 9.95. The molecule has 1 aliphatic heterocycles. The third kappa shape index (κ3) is 2.44. The molecule has 0 aromatic heterocycles. The van der Waals surface area contributed by atoms with E-state index in [1.165, 1.54) is 29.5 Å². The van der Waals surface area contributed by atoms with Crippen LogP contribution in [0.15, 0.2) is 12.1 Å². The molecular formula is C12H18ClNO. The van der Waals surface area contributed by atoms with Crippen molar-refractivity contribution >= 4 is 12.4 Å². The summed E-state index contributed by atoms with van der Waals surface area (Å²) in [6.45, 7) is 5.26. The highest BCUT2D eigenvalue weighted by atomic mass is 35.5. The van der Waals surface area contributed by atoms with Gasteiger partial charge >= 0.3 is 0 Å². The van der Waals surface area contributed by atoms with Crippen LogP contribution in [0.5, 0.6) is 5.75 Å². The number of benzene rings is 1. The predicted octanol–water partition coefficient (Wildman–Crippen LogP) is 2.86. The van der Waals surface area contributed by atoms with E-state index in [0.29, 0.717) is 11.8 Å². The van der Waals surface area contributed by atoms with Gasteiger partial charge in [0.05, 0.1) is 0 Å². The maximum atomic E-state index is 9.44. The first-order valence-corrected chi connectivity index (χ1v) is 5.22. The van der Waals surface area contributed by atoms with Crippen molar-refractivity contribution in [3.63, 3.8) is 0 Å². The maximum absolute atomic E-state index is 9.44. The molecule has 0 bridgehead atoms. The van der Waals surface area contributed by atoms with Gasteiger partial charge in [-0.2, -0.15) is 0 Å². The molecule has 3 heteroatoms. The molecule has 0 unspecified atom stereocenters. The highest BCUT2D eigenvalue weighted by Crippen LogP contribution is 2.30. The number of phenols is 1. The average Bonchev–Trinajstić information content (AvgIpc) is 2.54. The second kappa shape index (κ2) is 4.86. The third-order valence-corrected chi connectivity index (χ3v) is 2.99. The van der Waals surface area contributed by atoms with Crippen LogP contribution >= 0.6 is 12.4 Å². The molecule has 0 radical (unpaired) electrons. The van der Waals surface area contributed by atoms with E-state index in [9.17, 15) is 5.11 Å². The van der Waals surface area contributed by atoms with Crippen LogP contribution in [0.1, 0.15) is 35.6 Å². The lowest BCUT2D eigenvalue weighted by Gasteiger charge is -2.17. The molecule has 1 aromatic rings. The lowest BCUT2D eigenvalue weighted by molar-refractivity contribution is 0.473. The first-order chi connectivity index (χ1) is 6.68. The van der Waals surface area contributed by atoms with E-state index in [1.54, 1.807) is 0 Å². The SMILES string of the molecule is Cc1cc(O)cc(C)c1[C@@H]1CCCN1.Cl. The third-order valence-electron chi connectivity index (χ3n) is 2.99. The van der Waals surface area contributed by atoms with Gasteiger partial charge in [-0.3, -0.25) is 0 Å². The number of nitrogens with one attached hydrogen (secondary N) is 1. The molecule has 0 saturated carbocycles. The largest absolute Gasteiger partial charge is 0.508 e. The minimum absolute atomic E-state index is 0. The summed E-state index contributed by atoms with van der Waals surface area (Å²) in [5.41, 5.74) is 3.77. The van der Waals surface area contributed by atoms with E-state index in [1.807, 2.05) is 12.1 Å². The van der Waals surface area contributed by atoms with Crippen molar-refractivity contribution < 1.29 is 5.11 Å². The van der Waals surface area contributed by atoms with E-state index in [-0.39, 0.29) is 12.4 Å². The molecule has 15 heavy (non-hydrogen) atoms. The van der Waals surface area contributed by atoms with Crippen LogP contribution in [-0.4, -0.2) is 11.7 Å². The Morgan fingerprint density at radius 3 is 2.33 bits per heavy atom. The van der Waals surface area contributed by atoms with Crippen molar-refractivity contribution in [1.82, 2.24) is 5.32 Å². The first-order valence-electron chi connectivity index (χ1n) is 5.22. The summed E-state index contributed by atoms with van der Waals surface area (Å²) in [6.07, 6.45) is 2.47. The average molecular weight is 228 g/mol. The minimum atomic E-state index is 0. The molecular weight excluding hydrogens is 210 g/mol. The molecule has 2 rings (SSSR count). The van der Waals surface area contributed by atoms with Crippen molar-refractivity contribution in [3.05, 3.63) is 28.8 Å². The Balaban J connectivity index is 0.00000112. The number of hydrogen-bond donors (Lipinski definition) is 2. The molecule has 0 spiro atoms. The van der Waals surface area contributed by atoms with Gasteiger partial charge in [0.2, 0.25) is 0 Å². The van der Waals surface area contributed by atoms with E-state index < -0.39 is 0 Å². The number of phenolic OH excluding ortho intramolecular Hbond substituents is 1. The molecule has 1 aliphatic rings. The van der Waals surface area contributed by atoms with Crippen molar-refractivity contribution in [2.24, 2.45) is 0 Å². The molecule has 84 valence electrons. The Morgan fingerprint density at radius 1 is 1.27 bits per heavy atom. The molecule has 2 N–H and O–H groups in total. The van der Waals surface area contributed by atoms with Gasteiger partial charge in [0.1, 0.15) is 5.75 Å². The molecule has 1 fully saturated rings. The zero-order chi connectivity index (χ0) is 10.1. The molecule has 1 heterocycles. The van der Waals surface area contributed by atoms with Gasteiger partial charge in [-0.15, -0.1) is 12.4 Å². The number of aromatic hydroxyl groups is 1. The summed E-state index contributed by atoms with van der Waals surface area (Å²) in [4.78, 5) is 0. The molecule has 2 nitrogen and oxygen atoms in total. The van der Waals surface area contributed by atoms with Crippen LogP contribution in [-0.2, 0) is 0 Å². The van der Waals surface area contributed by atoms with Crippen LogP contribution in [0.2, 0.25) is 0 Å². The molecule has 0 aliphatic carbocycles. The van der Waals surface area contributed by atoms with Crippen LogP contribution < -0.4 is 5.32 Å². The summed E-state index contributed by atoms with van der Waals surface area (Å²) >= 11 is 0. The summed E-state index contributed by atoms with van der Waals surface area (Å²) < 4.78 is 0. The normalized spacial score (nSPS) is 20.0. The zero-order valence-corrected chi connectivity index (χ0v) is 10.0. The fraction of sp³-hybridized carbons (Fsp3) is 0.500. The van der Waals surface area contributed by atoms with Crippen LogP contribution in [0.4, 0.5) is 0 Å². The van der Waals surface area contributed by atoms with Gasteiger partial charge < -0.3 is 10.4 Å². The number of halogens is 1. The summed E-state index contributed by atoms with van der Waals surface area (Å²) in [6, 6.07) is 4.19. The van der Waals surface area contributed by atoms with Crippen molar-refractivity contribution in [3.8, 4) is 5.75 Å². The highest BCUT2D eigenvalue weighted by Gasteiger charge is 2.19. The van der Waals surface area contributed by atoms with E-state index in [0.717, 1.165) is 6.54 Å². The van der Waals surface area contributed by atoms with Crippen molar-refractivity contribution in [1.29, 1.82) is 0 Å². The second-order valence-corrected chi connectivity index (χ2v) is 4.14. The molecule has 1 atom stereocenters. The van der Waals surface area contributed by atoms with Gasteiger partial charge in [0.15, 0.2) is 0 Å². The Hall–Kier alpha value is -0.730. The van der Waals surface area contributed by atoms with E-state index >= 15 is 0 Å². The predicted molar refractivity (Wildman–Crippen MR) is 64.8 cm³/mol. The van der Waals surface area contributed by atoms with E-state index in [2.05, 4.69) is 19.2 Å². The topological polar surface area (TPSA) is 32.3 Å². The van der Waals surface area contributed by atoms with Gasteiger partial charge in [-0.1, -0.05) is 0 Å². The molecule has 1 saturated heterocycles. The Labute approximate surface area is 97.1 Å². The Kier molecular flexibility index (Phi) is 4.00. The standard InChI is InChI=1S/C12H17NO.ClH/c1-8-6-10(14)7-9(2)12(8)11-4-3-5-13-11;/h6-7,11,13-14H,3-5H2,1-2H3;1H/t11-;/m0./s1. The number of hydrogen-bond acceptors (Lipinski definition) is 2. The summed E-state index contributed by atoms with van der Waals surface area (Å²) in [5, 5.41) is 12.9. The monoisotopic (exact) mass is 227 g/mol. The first kappa shape index (κ1) is 12.3. The highest BCUT2D eigenvalue weighted by molar-refractivity contribution is 5.85. The van der Waals surface area contributed by atoms with E-state index in [4.69, 9.17) is 0 Å². The van der Waals surface area contributed by atoms with Crippen LogP contribution in [0.3, 0.4) is 0 Å². The molecule has 1 aromatic carbocycles. The molecule has 0 amide bonds.